The lowest BCUT2D eigenvalue weighted by atomic mass is 9.93. The summed E-state index contributed by atoms with van der Waals surface area (Å²) < 4.78 is 0. The van der Waals surface area contributed by atoms with Gasteiger partial charge in [-0.15, -0.1) is 0 Å². The van der Waals surface area contributed by atoms with E-state index in [9.17, 15) is 5.11 Å². The third-order valence-corrected chi connectivity index (χ3v) is 4.03. The first-order valence-electron chi connectivity index (χ1n) is 6.61. The molecular weight excluding hydrogens is 186 g/mol. The third kappa shape index (κ3) is 3.46. The normalized spacial score (nSPS) is 24.4. The van der Waals surface area contributed by atoms with Gasteiger partial charge >= 0.3 is 0 Å². The molecular formula is C13H27NO. The topological polar surface area (TPSA) is 23.5 Å². The van der Waals surface area contributed by atoms with Crippen LogP contribution in [0.5, 0.6) is 0 Å². The van der Waals surface area contributed by atoms with Crippen molar-refractivity contribution < 1.29 is 5.11 Å². The average Bonchev–Trinajstić information content (AvgIpc) is 2.29. The summed E-state index contributed by atoms with van der Waals surface area (Å²) >= 11 is 0. The largest absolute Gasteiger partial charge is 0.389 e. The number of hydrogen-bond acceptors (Lipinski definition) is 2. The summed E-state index contributed by atoms with van der Waals surface area (Å²) in [5.41, 5.74) is -0.454. The van der Waals surface area contributed by atoms with Crippen LogP contribution in [0, 0.1) is 0 Å². The molecule has 1 unspecified atom stereocenters. The van der Waals surface area contributed by atoms with E-state index in [4.69, 9.17) is 0 Å². The van der Waals surface area contributed by atoms with Gasteiger partial charge in [-0.05, 0) is 38.6 Å². The van der Waals surface area contributed by atoms with Crippen molar-refractivity contribution in [1.29, 1.82) is 0 Å². The highest BCUT2D eigenvalue weighted by Crippen LogP contribution is 2.24. The van der Waals surface area contributed by atoms with Crippen LogP contribution in [0.1, 0.15) is 59.3 Å². The maximum Gasteiger partial charge on any atom is 0.0769 e. The van der Waals surface area contributed by atoms with Gasteiger partial charge in [0.15, 0.2) is 0 Å². The van der Waals surface area contributed by atoms with Crippen molar-refractivity contribution in [2.45, 2.75) is 70.9 Å². The van der Waals surface area contributed by atoms with Crippen LogP contribution in [0.25, 0.3) is 0 Å². The minimum Gasteiger partial charge on any atom is -0.389 e. The van der Waals surface area contributed by atoms with Crippen LogP contribution in [0.3, 0.4) is 0 Å². The molecule has 0 aromatic carbocycles. The monoisotopic (exact) mass is 213 g/mol. The van der Waals surface area contributed by atoms with Crippen LogP contribution in [-0.4, -0.2) is 34.7 Å². The molecule has 0 amide bonds. The fourth-order valence-electron chi connectivity index (χ4n) is 2.58. The number of nitrogens with zero attached hydrogens (tertiary/aromatic N) is 1. The third-order valence-electron chi connectivity index (χ3n) is 4.03. The van der Waals surface area contributed by atoms with Gasteiger partial charge < -0.3 is 5.11 Å². The van der Waals surface area contributed by atoms with Gasteiger partial charge in [0.25, 0.3) is 0 Å². The van der Waals surface area contributed by atoms with Gasteiger partial charge in [0, 0.05) is 12.6 Å². The summed E-state index contributed by atoms with van der Waals surface area (Å²) in [5, 5.41) is 10.4. The van der Waals surface area contributed by atoms with Crippen LogP contribution in [0.4, 0.5) is 0 Å². The lowest BCUT2D eigenvalue weighted by molar-refractivity contribution is -0.0232. The molecule has 1 atom stereocenters. The molecule has 2 nitrogen and oxygen atoms in total. The number of β-amino-alcohol motifs (C(OH)–C–C–N with tert-alkyl or cyclic N) is 1. The highest BCUT2D eigenvalue weighted by Gasteiger charge is 2.29. The molecule has 1 aliphatic heterocycles. The van der Waals surface area contributed by atoms with E-state index < -0.39 is 5.60 Å². The molecule has 1 aliphatic rings. The van der Waals surface area contributed by atoms with E-state index in [1.54, 1.807) is 0 Å². The first-order chi connectivity index (χ1) is 7.15. The molecule has 1 rings (SSSR count). The molecule has 2 heteroatoms. The van der Waals surface area contributed by atoms with Crippen molar-refractivity contribution in [3.63, 3.8) is 0 Å². The molecule has 90 valence electrons. The highest BCUT2D eigenvalue weighted by atomic mass is 16.3. The van der Waals surface area contributed by atoms with Gasteiger partial charge in [-0.2, -0.15) is 0 Å². The van der Waals surface area contributed by atoms with E-state index in [1.165, 1.54) is 32.2 Å². The molecule has 0 aliphatic carbocycles. The molecule has 0 aromatic rings. The van der Waals surface area contributed by atoms with Crippen LogP contribution in [-0.2, 0) is 0 Å². The van der Waals surface area contributed by atoms with Crippen LogP contribution < -0.4 is 0 Å². The van der Waals surface area contributed by atoms with Crippen molar-refractivity contribution in [3.8, 4) is 0 Å². The Morgan fingerprint density at radius 2 is 1.87 bits per heavy atom. The summed E-state index contributed by atoms with van der Waals surface area (Å²) in [6, 6.07) is 0.711. The highest BCUT2D eigenvalue weighted by molar-refractivity contribution is 4.84. The molecule has 1 heterocycles. The van der Waals surface area contributed by atoms with Gasteiger partial charge in [0.05, 0.1) is 5.60 Å². The number of piperidine rings is 1. The zero-order valence-electron chi connectivity index (χ0n) is 10.6. The summed E-state index contributed by atoms with van der Waals surface area (Å²) in [6.45, 7) is 8.50. The average molecular weight is 213 g/mol. The van der Waals surface area contributed by atoms with E-state index in [2.05, 4.69) is 25.7 Å². The maximum atomic E-state index is 10.4. The molecule has 1 saturated heterocycles. The van der Waals surface area contributed by atoms with Crippen molar-refractivity contribution >= 4 is 0 Å². The molecule has 0 saturated carbocycles. The minimum absolute atomic E-state index is 0.454. The van der Waals surface area contributed by atoms with E-state index in [0.29, 0.717) is 6.04 Å². The Morgan fingerprint density at radius 3 is 2.40 bits per heavy atom. The van der Waals surface area contributed by atoms with E-state index in [-0.39, 0.29) is 0 Å². The molecule has 1 fully saturated rings. The molecule has 0 bridgehead atoms. The summed E-state index contributed by atoms with van der Waals surface area (Å²) in [6.07, 6.45) is 6.96. The Labute approximate surface area is 94.7 Å². The Balaban J connectivity index is 2.53. The predicted octanol–water partition coefficient (Wildman–Crippen LogP) is 2.80. The second-order valence-corrected chi connectivity index (χ2v) is 4.96. The van der Waals surface area contributed by atoms with E-state index in [0.717, 1.165) is 19.4 Å². The fourth-order valence-corrected chi connectivity index (χ4v) is 2.58. The number of rotatable bonds is 5. The number of aliphatic hydroxyl groups is 1. The second kappa shape index (κ2) is 5.86. The van der Waals surface area contributed by atoms with Crippen LogP contribution >= 0.6 is 0 Å². The number of hydrogen-bond donors (Lipinski definition) is 1. The zero-order valence-corrected chi connectivity index (χ0v) is 10.6. The summed E-state index contributed by atoms with van der Waals surface area (Å²) in [4.78, 5) is 2.51. The molecule has 15 heavy (non-hydrogen) atoms. The first kappa shape index (κ1) is 13.0. The lowest BCUT2D eigenvalue weighted by Gasteiger charge is -2.40. The van der Waals surface area contributed by atoms with E-state index >= 15 is 0 Å². The molecule has 0 aromatic heterocycles. The van der Waals surface area contributed by atoms with Crippen molar-refractivity contribution in [2.24, 2.45) is 0 Å². The summed E-state index contributed by atoms with van der Waals surface area (Å²) in [7, 11) is 0. The Hall–Kier alpha value is -0.0800. The van der Waals surface area contributed by atoms with Crippen molar-refractivity contribution in [2.75, 3.05) is 13.1 Å². The van der Waals surface area contributed by atoms with Gasteiger partial charge in [-0.25, -0.2) is 0 Å². The standard InChI is InChI=1S/C13H27NO/c1-4-12-9-7-8-10-14(12)11-13(15,5-2)6-3/h12,15H,4-11H2,1-3H3. The Bertz CT molecular complexity index is 177. The number of likely N-dealkylation sites (tertiary alicyclic amines) is 1. The second-order valence-electron chi connectivity index (χ2n) is 4.96. The van der Waals surface area contributed by atoms with Crippen LogP contribution in [0.15, 0.2) is 0 Å². The molecule has 0 radical (unpaired) electrons. The van der Waals surface area contributed by atoms with Crippen molar-refractivity contribution in [3.05, 3.63) is 0 Å². The maximum absolute atomic E-state index is 10.4. The van der Waals surface area contributed by atoms with E-state index in [1.807, 2.05) is 0 Å². The summed E-state index contributed by atoms with van der Waals surface area (Å²) in [5.74, 6) is 0. The minimum atomic E-state index is -0.454. The fraction of sp³-hybridized carbons (Fsp3) is 1.00. The van der Waals surface area contributed by atoms with Crippen molar-refractivity contribution in [1.82, 2.24) is 4.90 Å². The molecule has 0 spiro atoms. The lowest BCUT2D eigenvalue weighted by Crippen LogP contribution is -2.48. The quantitative estimate of drug-likeness (QED) is 0.759. The zero-order chi connectivity index (χ0) is 11.3. The van der Waals surface area contributed by atoms with Gasteiger partial charge in [0.2, 0.25) is 0 Å². The molecule has 1 N–H and O–H groups in total. The first-order valence-corrected chi connectivity index (χ1v) is 6.61. The predicted molar refractivity (Wildman–Crippen MR) is 65.0 cm³/mol. The Morgan fingerprint density at radius 1 is 1.20 bits per heavy atom. The SMILES string of the molecule is CCC1CCCCN1CC(O)(CC)CC. The Kier molecular flexibility index (Phi) is 5.07. The smallest absolute Gasteiger partial charge is 0.0769 e. The van der Waals surface area contributed by atoms with Crippen LogP contribution in [0.2, 0.25) is 0 Å². The van der Waals surface area contributed by atoms with Gasteiger partial charge in [0.1, 0.15) is 0 Å². The van der Waals surface area contributed by atoms with Gasteiger partial charge in [-0.3, -0.25) is 4.90 Å². The van der Waals surface area contributed by atoms with Gasteiger partial charge in [-0.1, -0.05) is 27.2 Å².